The van der Waals surface area contributed by atoms with Gasteiger partial charge in [-0.2, -0.15) is 14.9 Å². The number of rotatable bonds is 7. The first-order valence-corrected chi connectivity index (χ1v) is 12.4. The molecule has 0 bridgehead atoms. The Morgan fingerprint density at radius 2 is 1.89 bits per heavy atom. The molecule has 0 aliphatic heterocycles. The van der Waals surface area contributed by atoms with Crippen molar-refractivity contribution in [2.24, 2.45) is 11.8 Å². The molecule has 35 heavy (non-hydrogen) atoms. The van der Waals surface area contributed by atoms with Crippen molar-refractivity contribution in [2.45, 2.75) is 58.8 Å². The van der Waals surface area contributed by atoms with Gasteiger partial charge in [0.15, 0.2) is 11.5 Å². The largest absolute Gasteiger partial charge is 0.310 e. The Morgan fingerprint density at radius 3 is 2.63 bits per heavy atom. The van der Waals surface area contributed by atoms with Crippen LogP contribution in [-0.4, -0.2) is 35.4 Å². The van der Waals surface area contributed by atoms with E-state index in [1.165, 1.54) is 37.7 Å². The fourth-order valence-corrected chi connectivity index (χ4v) is 4.96. The summed E-state index contributed by atoms with van der Waals surface area (Å²) in [6, 6.07) is 7.90. The zero-order valence-corrected chi connectivity index (χ0v) is 20.1. The van der Waals surface area contributed by atoms with Gasteiger partial charge >= 0.3 is 0 Å². The Balaban J connectivity index is 1.39. The number of carbonyl (C=O) groups excluding carboxylic acids is 1. The molecule has 1 saturated carbocycles. The molecule has 182 valence electrons. The Kier molecular flexibility index (Phi) is 6.57. The molecule has 1 N–H and O–H groups in total. The fraction of sp³-hybridized carbons (Fsp3) is 0.423. The molecule has 1 fully saturated rings. The van der Waals surface area contributed by atoms with Gasteiger partial charge in [-0.1, -0.05) is 26.2 Å². The number of nitrogens with one attached hydrogen (secondary N) is 1. The molecule has 0 spiro atoms. The van der Waals surface area contributed by atoms with Gasteiger partial charge in [0.25, 0.3) is 0 Å². The third-order valence-corrected chi connectivity index (χ3v) is 6.88. The lowest BCUT2D eigenvalue weighted by Gasteiger charge is -2.27. The maximum absolute atomic E-state index is 13.4. The van der Waals surface area contributed by atoms with Gasteiger partial charge in [0.2, 0.25) is 5.91 Å². The van der Waals surface area contributed by atoms with Gasteiger partial charge in [0.05, 0.1) is 23.0 Å². The zero-order chi connectivity index (χ0) is 24.4. The van der Waals surface area contributed by atoms with E-state index < -0.39 is 0 Å². The number of hydrogen-bond donors (Lipinski definition) is 1. The number of benzene rings is 1. The highest BCUT2D eigenvalue weighted by Gasteiger charge is 2.27. The predicted octanol–water partition coefficient (Wildman–Crippen LogP) is 5.38. The Labute approximate surface area is 203 Å². The van der Waals surface area contributed by atoms with E-state index in [1.807, 2.05) is 13.0 Å². The normalized spacial score (nSPS) is 18.1. The number of hydrogen-bond acceptors (Lipinski definition) is 5. The molecule has 1 aromatic carbocycles. The third-order valence-electron chi connectivity index (χ3n) is 6.88. The number of amides is 1. The lowest BCUT2D eigenvalue weighted by atomic mass is 9.79. The summed E-state index contributed by atoms with van der Waals surface area (Å²) in [6.07, 6.45) is 11.0. The van der Waals surface area contributed by atoms with E-state index in [2.05, 4.69) is 32.4 Å². The van der Waals surface area contributed by atoms with Crippen molar-refractivity contribution in [3.8, 4) is 11.5 Å². The monoisotopic (exact) mass is 475 g/mol. The van der Waals surface area contributed by atoms with Crippen LogP contribution in [0, 0.1) is 24.6 Å². The van der Waals surface area contributed by atoms with Crippen molar-refractivity contribution in [3.63, 3.8) is 0 Å². The van der Waals surface area contributed by atoms with E-state index in [9.17, 15) is 9.18 Å². The van der Waals surface area contributed by atoms with Gasteiger partial charge in [-0.25, -0.2) is 19.0 Å². The van der Waals surface area contributed by atoms with Crippen LogP contribution >= 0.6 is 0 Å². The van der Waals surface area contributed by atoms with Crippen molar-refractivity contribution >= 4 is 22.8 Å². The minimum atomic E-state index is -0.317. The number of nitrogens with zero attached hydrogens (tertiary/aromatic N) is 6. The van der Waals surface area contributed by atoms with Gasteiger partial charge < -0.3 is 5.32 Å². The zero-order valence-electron chi connectivity index (χ0n) is 20.1. The Bertz CT molecular complexity index is 1320. The summed E-state index contributed by atoms with van der Waals surface area (Å²) in [4.78, 5) is 22.0. The number of halogens is 1. The summed E-state index contributed by atoms with van der Waals surface area (Å²) < 4.78 is 16.7. The van der Waals surface area contributed by atoms with Crippen LogP contribution in [0.3, 0.4) is 0 Å². The maximum atomic E-state index is 13.4. The molecule has 1 aliphatic carbocycles. The van der Waals surface area contributed by atoms with Gasteiger partial charge in [-0.05, 0) is 62.8 Å². The molecular weight excluding hydrogens is 445 g/mol. The molecular formula is C26H30FN7O. The highest BCUT2D eigenvalue weighted by molar-refractivity contribution is 5.93. The Morgan fingerprint density at radius 1 is 1.11 bits per heavy atom. The van der Waals surface area contributed by atoms with Crippen molar-refractivity contribution in [1.29, 1.82) is 0 Å². The molecule has 9 heteroatoms. The second kappa shape index (κ2) is 9.93. The number of aromatic nitrogens is 6. The number of aryl methyl sites for hydroxylation is 1. The van der Waals surface area contributed by atoms with Crippen LogP contribution in [0.25, 0.3) is 22.5 Å². The average Bonchev–Trinajstić information content (AvgIpc) is 3.46. The molecule has 4 aromatic rings. The van der Waals surface area contributed by atoms with Crippen molar-refractivity contribution in [1.82, 2.24) is 29.5 Å². The lowest BCUT2D eigenvalue weighted by Crippen LogP contribution is -2.28. The molecule has 0 radical (unpaired) electrons. The summed E-state index contributed by atoms with van der Waals surface area (Å²) in [7, 11) is 0. The lowest BCUT2D eigenvalue weighted by molar-refractivity contribution is -0.121. The quantitative estimate of drug-likeness (QED) is 0.387. The summed E-state index contributed by atoms with van der Waals surface area (Å²) in [5.74, 6) is 1.59. The Hall–Kier alpha value is -3.62. The average molecular weight is 476 g/mol. The molecule has 0 atom stereocenters. The molecule has 8 nitrogen and oxygen atoms in total. The van der Waals surface area contributed by atoms with E-state index in [0.717, 1.165) is 37.3 Å². The topological polar surface area (TPSA) is 90.5 Å². The number of fused-ring (bicyclic) bond motifs is 1. The number of anilines is 1. The van der Waals surface area contributed by atoms with Crippen molar-refractivity contribution in [2.75, 3.05) is 5.32 Å². The molecule has 3 aromatic heterocycles. The molecule has 0 unspecified atom stereocenters. The van der Waals surface area contributed by atoms with Gasteiger partial charge in [0, 0.05) is 12.0 Å². The van der Waals surface area contributed by atoms with Crippen LogP contribution in [0.2, 0.25) is 0 Å². The predicted molar refractivity (Wildman–Crippen MR) is 132 cm³/mol. The minimum absolute atomic E-state index is 0.0168. The van der Waals surface area contributed by atoms with Gasteiger partial charge in [-0.3, -0.25) is 4.79 Å². The van der Waals surface area contributed by atoms with E-state index in [0.29, 0.717) is 28.4 Å². The summed E-state index contributed by atoms with van der Waals surface area (Å²) in [6.45, 7) is 4.11. The van der Waals surface area contributed by atoms with Crippen LogP contribution in [0.1, 0.15) is 57.6 Å². The van der Waals surface area contributed by atoms with Crippen LogP contribution in [0.4, 0.5) is 10.2 Å². The van der Waals surface area contributed by atoms with E-state index in [-0.39, 0.29) is 17.6 Å². The van der Waals surface area contributed by atoms with Crippen molar-refractivity contribution in [3.05, 3.63) is 54.4 Å². The number of unbranched alkanes of at least 4 members (excludes halogenated alkanes) is 1. The smallest absolute Gasteiger partial charge is 0.228 e. The summed E-state index contributed by atoms with van der Waals surface area (Å²) in [5.41, 5.74) is 2.02. The standard InChI is InChI=1S/C26H30FN7O/c1-3-4-5-18-6-8-19(9-7-18)26(35)31-23-14-17(2)32-34(23)25-22-15-30-33(24(22)28-16-29-25)21-12-10-20(27)11-13-21/h10-16,18-19H,3-9H2,1-2H3,(H,31,35). The highest BCUT2D eigenvalue weighted by atomic mass is 19.1. The summed E-state index contributed by atoms with van der Waals surface area (Å²) in [5, 5.41) is 12.8. The second-order valence-corrected chi connectivity index (χ2v) is 9.40. The molecule has 1 aliphatic rings. The molecule has 0 saturated heterocycles. The van der Waals surface area contributed by atoms with E-state index >= 15 is 0 Å². The van der Waals surface area contributed by atoms with Gasteiger partial charge in [0.1, 0.15) is 18.0 Å². The second-order valence-electron chi connectivity index (χ2n) is 9.40. The molecule has 3 heterocycles. The molecule has 5 rings (SSSR count). The first kappa shape index (κ1) is 23.1. The first-order valence-electron chi connectivity index (χ1n) is 12.4. The van der Waals surface area contributed by atoms with Gasteiger partial charge in [-0.15, -0.1) is 0 Å². The fourth-order valence-electron chi connectivity index (χ4n) is 4.96. The van der Waals surface area contributed by atoms with Crippen LogP contribution < -0.4 is 5.32 Å². The first-order chi connectivity index (χ1) is 17.0. The minimum Gasteiger partial charge on any atom is -0.310 e. The van der Waals surface area contributed by atoms with E-state index in [4.69, 9.17) is 0 Å². The van der Waals surface area contributed by atoms with Crippen LogP contribution in [-0.2, 0) is 4.79 Å². The van der Waals surface area contributed by atoms with E-state index in [1.54, 1.807) is 27.7 Å². The highest BCUT2D eigenvalue weighted by Crippen LogP contribution is 2.33. The van der Waals surface area contributed by atoms with Crippen LogP contribution in [0.5, 0.6) is 0 Å². The maximum Gasteiger partial charge on any atom is 0.228 e. The third kappa shape index (κ3) is 4.80. The molecule has 1 amide bonds. The number of carbonyl (C=O) groups is 1. The van der Waals surface area contributed by atoms with Crippen LogP contribution in [0.15, 0.2) is 42.9 Å². The summed E-state index contributed by atoms with van der Waals surface area (Å²) >= 11 is 0. The SMILES string of the molecule is CCCCC1CCC(C(=O)Nc2cc(C)nn2-c2ncnc3c2cnn3-c2ccc(F)cc2)CC1. The van der Waals surface area contributed by atoms with Crippen molar-refractivity contribution < 1.29 is 9.18 Å².